The molecule has 0 aliphatic carbocycles. The van der Waals surface area contributed by atoms with Gasteiger partial charge in [0.15, 0.2) is 0 Å². The molecule has 0 radical (unpaired) electrons. The van der Waals surface area contributed by atoms with Crippen LogP contribution in [-0.4, -0.2) is 30.6 Å². The first-order valence-electron chi connectivity index (χ1n) is 4.24. The molecule has 15 heavy (non-hydrogen) atoms. The lowest BCUT2D eigenvalue weighted by Crippen LogP contribution is -2.09. The molecule has 0 amide bonds. The highest BCUT2D eigenvalue weighted by Gasteiger charge is 2.12. The molecule has 0 unspecified atom stereocenters. The zero-order valence-electron chi connectivity index (χ0n) is 7.95. The fourth-order valence-corrected chi connectivity index (χ4v) is 1.22. The summed E-state index contributed by atoms with van der Waals surface area (Å²) in [6, 6.07) is 1.69. The fourth-order valence-electron chi connectivity index (χ4n) is 1.22. The summed E-state index contributed by atoms with van der Waals surface area (Å²) in [5.41, 5.74) is 0.769. The Hall–Kier alpha value is -2.24. The largest absolute Gasteiger partial charge is 0.475 e. The lowest BCUT2D eigenvalue weighted by molar-refractivity contribution is 0.0681. The molecular formula is C9H8N4O2. The summed E-state index contributed by atoms with van der Waals surface area (Å²) in [4.78, 5) is 22.4. The number of nitrogens with zero attached hydrogens (tertiary/aromatic N) is 4. The van der Waals surface area contributed by atoms with Crippen molar-refractivity contribution < 1.29 is 9.90 Å². The van der Waals surface area contributed by atoms with Gasteiger partial charge in [-0.05, 0) is 6.92 Å². The maximum absolute atomic E-state index is 10.8. The lowest BCUT2D eigenvalue weighted by atomic mass is 10.4. The number of imidazole rings is 1. The standard InChI is InChI=1S/C9H8N4O2/c1-6-4-7(12-5-11-6)13-3-2-10-8(13)9(14)15/h2-5H,1H3,(H,14,15). The minimum absolute atomic E-state index is 0.0619. The van der Waals surface area contributed by atoms with Crippen molar-refractivity contribution in [2.75, 3.05) is 0 Å². The van der Waals surface area contributed by atoms with E-state index in [0.717, 1.165) is 5.69 Å². The summed E-state index contributed by atoms with van der Waals surface area (Å²) in [5.74, 6) is -0.651. The van der Waals surface area contributed by atoms with Crippen LogP contribution in [0.25, 0.3) is 5.82 Å². The second kappa shape index (κ2) is 3.49. The predicted molar refractivity (Wildman–Crippen MR) is 50.9 cm³/mol. The third-order valence-electron chi connectivity index (χ3n) is 1.87. The van der Waals surface area contributed by atoms with Crippen LogP contribution in [0.2, 0.25) is 0 Å². The monoisotopic (exact) mass is 204 g/mol. The lowest BCUT2D eigenvalue weighted by Gasteiger charge is -2.03. The van der Waals surface area contributed by atoms with Crippen molar-refractivity contribution >= 4 is 5.97 Å². The van der Waals surface area contributed by atoms with Crippen LogP contribution in [0.5, 0.6) is 0 Å². The van der Waals surface area contributed by atoms with E-state index in [1.807, 2.05) is 6.92 Å². The Morgan fingerprint density at radius 1 is 1.40 bits per heavy atom. The van der Waals surface area contributed by atoms with Crippen LogP contribution in [0, 0.1) is 6.92 Å². The van der Waals surface area contributed by atoms with Gasteiger partial charge in [-0.15, -0.1) is 0 Å². The molecule has 0 spiro atoms. The number of aromatic nitrogens is 4. The average Bonchev–Trinajstić information content (AvgIpc) is 2.65. The molecule has 0 fully saturated rings. The smallest absolute Gasteiger partial charge is 0.372 e. The van der Waals surface area contributed by atoms with Crippen LogP contribution in [-0.2, 0) is 0 Å². The number of carboxylic acid groups (broad SMARTS) is 1. The maximum Gasteiger partial charge on any atom is 0.372 e. The third-order valence-corrected chi connectivity index (χ3v) is 1.87. The van der Waals surface area contributed by atoms with Gasteiger partial charge in [0, 0.05) is 24.2 Å². The predicted octanol–water partition coefficient (Wildman–Crippen LogP) is 0.669. The van der Waals surface area contributed by atoms with E-state index in [4.69, 9.17) is 5.11 Å². The third kappa shape index (κ3) is 1.69. The molecular weight excluding hydrogens is 196 g/mol. The Morgan fingerprint density at radius 2 is 2.20 bits per heavy atom. The number of hydrogen-bond acceptors (Lipinski definition) is 4. The van der Waals surface area contributed by atoms with Crippen molar-refractivity contribution in [3.05, 3.63) is 36.3 Å². The topological polar surface area (TPSA) is 80.9 Å². The fraction of sp³-hybridized carbons (Fsp3) is 0.111. The Balaban J connectivity index is 2.54. The first kappa shape index (κ1) is 9.32. The highest BCUT2D eigenvalue weighted by Crippen LogP contribution is 2.07. The van der Waals surface area contributed by atoms with E-state index in [0.29, 0.717) is 5.82 Å². The SMILES string of the molecule is Cc1cc(-n2ccnc2C(=O)O)ncn1. The Bertz CT molecular complexity index is 506. The van der Waals surface area contributed by atoms with E-state index in [2.05, 4.69) is 15.0 Å². The van der Waals surface area contributed by atoms with E-state index in [9.17, 15) is 4.79 Å². The summed E-state index contributed by atoms with van der Waals surface area (Å²) in [7, 11) is 0. The Kier molecular flexibility index (Phi) is 2.17. The first-order chi connectivity index (χ1) is 7.18. The number of aromatic carboxylic acids is 1. The minimum atomic E-state index is -1.09. The molecule has 2 rings (SSSR count). The second-order valence-electron chi connectivity index (χ2n) is 2.94. The molecule has 76 valence electrons. The molecule has 2 aromatic rings. The van der Waals surface area contributed by atoms with Crippen LogP contribution in [0.1, 0.15) is 16.3 Å². The molecule has 0 aliphatic heterocycles. The van der Waals surface area contributed by atoms with Crippen LogP contribution < -0.4 is 0 Å². The van der Waals surface area contributed by atoms with Gasteiger partial charge in [0.05, 0.1) is 0 Å². The van der Waals surface area contributed by atoms with Crippen LogP contribution in [0.3, 0.4) is 0 Å². The summed E-state index contributed by atoms with van der Waals surface area (Å²) in [6.07, 6.45) is 4.35. The van der Waals surface area contributed by atoms with Crippen molar-refractivity contribution in [1.29, 1.82) is 0 Å². The highest BCUT2D eigenvalue weighted by molar-refractivity contribution is 5.84. The number of aryl methyl sites for hydroxylation is 1. The van der Waals surface area contributed by atoms with Crippen LogP contribution in [0.15, 0.2) is 24.8 Å². The number of carbonyl (C=O) groups is 1. The molecule has 0 aliphatic rings. The van der Waals surface area contributed by atoms with Crippen molar-refractivity contribution in [3.8, 4) is 5.82 Å². The summed E-state index contributed by atoms with van der Waals surface area (Å²) >= 11 is 0. The second-order valence-corrected chi connectivity index (χ2v) is 2.94. The van der Waals surface area contributed by atoms with Crippen molar-refractivity contribution in [1.82, 2.24) is 19.5 Å². The van der Waals surface area contributed by atoms with Gasteiger partial charge < -0.3 is 5.11 Å². The van der Waals surface area contributed by atoms with Crippen LogP contribution in [0.4, 0.5) is 0 Å². The van der Waals surface area contributed by atoms with E-state index in [1.165, 1.54) is 17.1 Å². The van der Waals surface area contributed by atoms with Gasteiger partial charge in [0.1, 0.15) is 12.1 Å². The summed E-state index contributed by atoms with van der Waals surface area (Å²) in [6.45, 7) is 1.81. The molecule has 2 aromatic heterocycles. The van der Waals surface area contributed by atoms with Gasteiger partial charge in [0.25, 0.3) is 0 Å². The van der Waals surface area contributed by atoms with Gasteiger partial charge in [-0.2, -0.15) is 0 Å². The zero-order chi connectivity index (χ0) is 10.8. The van der Waals surface area contributed by atoms with E-state index in [1.54, 1.807) is 12.3 Å². The van der Waals surface area contributed by atoms with Gasteiger partial charge >= 0.3 is 5.97 Å². The first-order valence-corrected chi connectivity index (χ1v) is 4.24. The molecule has 2 heterocycles. The molecule has 0 aromatic carbocycles. The Morgan fingerprint density at radius 3 is 2.87 bits per heavy atom. The Labute approximate surface area is 85.3 Å². The molecule has 0 saturated heterocycles. The summed E-state index contributed by atoms with van der Waals surface area (Å²) in [5, 5.41) is 8.86. The number of hydrogen-bond donors (Lipinski definition) is 1. The maximum atomic E-state index is 10.8. The molecule has 0 saturated carbocycles. The van der Waals surface area contributed by atoms with E-state index < -0.39 is 5.97 Å². The molecule has 1 N–H and O–H groups in total. The molecule has 6 heteroatoms. The van der Waals surface area contributed by atoms with E-state index >= 15 is 0 Å². The molecule has 0 bridgehead atoms. The molecule has 0 atom stereocenters. The van der Waals surface area contributed by atoms with Crippen LogP contribution >= 0.6 is 0 Å². The minimum Gasteiger partial charge on any atom is -0.475 e. The van der Waals surface area contributed by atoms with E-state index in [-0.39, 0.29) is 5.82 Å². The number of carboxylic acids is 1. The molecule has 6 nitrogen and oxygen atoms in total. The van der Waals surface area contributed by atoms with Gasteiger partial charge in [-0.1, -0.05) is 0 Å². The van der Waals surface area contributed by atoms with Crippen molar-refractivity contribution in [2.45, 2.75) is 6.92 Å². The average molecular weight is 204 g/mol. The van der Waals surface area contributed by atoms with Gasteiger partial charge in [-0.25, -0.2) is 19.7 Å². The normalized spacial score (nSPS) is 10.2. The number of rotatable bonds is 2. The van der Waals surface area contributed by atoms with Gasteiger partial charge in [-0.3, -0.25) is 4.57 Å². The van der Waals surface area contributed by atoms with Gasteiger partial charge in [0.2, 0.25) is 5.82 Å². The zero-order valence-corrected chi connectivity index (χ0v) is 7.95. The summed E-state index contributed by atoms with van der Waals surface area (Å²) < 4.78 is 1.40. The highest BCUT2D eigenvalue weighted by atomic mass is 16.4. The van der Waals surface area contributed by atoms with Crippen molar-refractivity contribution in [2.24, 2.45) is 0 Å². The van der Waals surface area contributed by atoms with Crippen molar-refractivity contribution in [3.63, 3.8) is 0 Å². The quantitative estimate of drug-likeness (QED) is 0.777.